The van der Waals surface area contributed by atoms with E-state index in [1.165, 1.54) is 16.8 Å². The van der Waals surface area contributed by atoms with E-state index in [0.29, 0.717) is 12.1 Å². The SMILES string of the molecule is C[N+](C)(C)c1ccc(-c2ccccc2)cc1.O=[N+]([O-])c1cc([N+](=O)[O-])c(O)c([N+](=O)[O-])c1. The van der Waals surface area contributed by atoms with E-state index in [0.717, 1.165) is 4.48 Å². The third kappa shape index (κ3) is 5.83. The Hall–Kier alpha value is -4.38. The van der Waals surface area contributed by atoms with Crippen molar-refractivity contribution in [3.8, 4) is 16.9 Å². The lowest BCUT2D eigenvalue weighted by molar-refractivity contribution is -0.404. The summed E-state index contributed by atoms with van der Waals surface area (Å²) in [5, 5.41) is 40.2. The number of quaternary nitrogens is 1. The highest BCUT2D eigenvalue weighted by molar-refractivity contribution is 5.66. The normalized spacial score (nSPS) is 10.6. The number of rotatable bonds is 5. The summed E-state index contributed by atoms with van der Waals surface area (Å²) in [7, 11) is 6.53. The molecule has 0 heterocycles. The van der Waals surface area contributed by atoms with Crippen LogP contribution >= 0.6 is 0 Å². The summed E-state index contributed by atoms with van der Waals surface area (Å²) in [4.78, 5) is 27.8. The maximum absolute atomic E-state index is 10.4. The minimum absolute atomic E-state index is 0.447. The van der Waals surface area contributed by atoms with E-state index >= 15 is 0 Å². The monoisotopic (exact) mass is 441 g/mol. The van der Waals surface area contributed by atoms with E-state index in [2.05, 4.69) is 69.7 Å². The van der Waals surface area contributed by atoms with Gasteiger partial charge < -0.3 is 5.11 Å². The molecule has 0 aromatic heterocycles. The Morgan fingerprint density at radius 3 is 1.50 bits per heavy atom. The van der Waals surface area contributed by atoms with Crippen LogP contribution in [-0.2, 0) is 0 Å². The van der Waals surface area contributed by atoms with Gasteiger partial charge in [0.25, 0.3) is 11.4 Å². The fourth-order valence-electron chi connectivity index (χ4n) is 2.71. The van der Waals surface area contributed by atoms with Crippen LogP contribution in [0.25, 0.3) is 11.1 Å². The van der Waals surface area contributed by atoms with Crippen LogP contribution in [0.2, 0.25) is 0 Å². The molecular formula is C21H21N4O7+. The van der Waals surface area contributed by atoms with Gasteiger partial charge in [0.05, 0.1) is 48.0 Å². The highest BCUT2D eigenvalue weighted by Gasteiger charge is 2.30. The molecular weight excluding hydrogens is 420 g/mol. The Labute approximate surface area is 182 Å². The van der Waals surface area contributed by atoms with Crippen molar-refractivity contribution in [3.63, 3.8) is 0 Å². The summed E-state index contributed by atoms with van der Waals surface area (Å²) >= 11 is 0. The van der Waals surface area contributed by atoms with Crippen molar-refractivity contribution in [3.05, 3.63) is 97.1 Å². The second-order valence-corrected chi connectivity index (χ2v) is 7.53. The van der Waals surface area contributed by atoms with Gasteiger partial charge in [0, 0.05) is 0 Å². The number of non-ortho nitro benzene ring substituents is 1. The number of hydrogen-bond donors (Lipinski definition) is 1. The fraction of sp³-hybridized carbons (Fsp3) is 0.143. The molecule has 0 amide bonds. The molecule has 11 nitrogen and oxygen atoms in total. The maximum atomic E-state index is 10.4. The number of hydrogen-bond acceptors (Lipinski definition) is 7. The van der Waals surface area contributed by atoms with E-state index in [9.17, 15) is 30.3 Å². The summed E-state index contributed by atoms with van der Waals surface area (Å²) < 4.78 is 0.856. The molecule has 0 bridgehead atoms. The van der Waals surface area contributed by atoms with Crippen molar-refractivity contribution in [1.82, 2.24) is 4.48 Å². The molecule has 166 valence electrons. The molecule has 0 saturated carbocycles. The third-order valence-electron chi connectivity index (χ3n) is 4.41. The molecule has 0 aliphatic carbocycles. The summed E-state index contributed by atoms with van der Waals surface area (Å²) in [5.74, 6) is -1.21. The quantitative estimate of drug-likeness (QED) is 0.343. The van der Waals surface area contributed by atoms with Crippen LogP contribution in [0.4, 0.5) is 22.7 Å². The fourth-order valence-corrected chi connectivity index (χ4v) is 2.71. The second-order valence-electron chi connectivity index (χ2n) is 7.53. The van der Waals surface area contributed by atoms with Gasteiger partial charge in [-0.2, -0.15) is 0 Å². The number of phenols is 1. The Kier molecular flexibility index (Phi) is 7.18. The molecule has 0 saturated heterocycles. The first-order chi connectivity index (χ1) is 14.9. The highest BCUT2D eigenvalue weighted by atomic mass is 16.6. The molecule has 0 spiro atoms. The van der Waals surface area contributed by atoms with Gasteiger partial charge in [-0.15, -0.1) is 0 Å². The number of benzene rings is 3. The summed E-state index contributed by atoms with van der Waals surface area (Å²) in [6.45, 7) is 0. The van der Waals surface area contributed by atoms with Crippen LogP contribution in [0.5, 0.6) is 5.75 Å². The molecule has 0 fully saturated rings. The smallest absolute Gasteiger partial charge is 0.324 e. The minimum atomic E-state index is -1.21. The van der Waals surface area contributed by atoms with E-state index in [-0.39, 0.29) is 0 Å². The Morgan fingerprint density at radius 2 is 1.12 bits per heavy atom. The zero-order valence-electron chi connectivity index (χ0n) is 17.5. The van der Waals surface area contributed by atoms with Gasteiger partial charge in [0.15, 0.2) is 0 Å². The first-order valence-corrected chi connectivity index (χ1v) is 9.19. The van der Waals surface area contributed by atoms with Gasteiger partial charge in [-0.05, 0) is 35.4 Å². The van der Waals surface area contributed by atoms with Gasteiger partial charge in [-0.3, -0.25) is 34.8 Å². The third-order valence-corrected chi connectivity index (χ3v) is 4.41. The zero-order valence-corrected chi connectivity index (χ0v) is 17.5. The standard InChI is InChI=1S/C15H18N.C6H3N3O7/c1-16(2,3)15-11-9-14(10-12-15)13-7-5-4-6-8-13;10-6-4(8(13)14)1-3(7(11)12)2-5(6)9(15)16/h4-12H,1-3H3;1-2,10H/q+1;. The molecule has 3 aromatic rings. The van der Waals surface area contributed by atoms with Crippen molar-refractivity contribution < 1.29 is 19.9 Å². The second kappa shape index (κ2) is 9.62. The molecule has 11 heteroatoms. The largest absolute Gasteiger partial charge is 0.497 e. The lowest BCUT2D eigenvalue weighted by Gasteiger charge is -2.23. The van der Waals surface area contributed by atoms with Crippen LogP contribution in [0, 0.1) is 30.3 Å². The predicted molar refractivity (Wildman–Crippen MR) is 120 cm³/mol. The maximum Gasteiger partial charge on any atom is 0.324 e. The van der Waals surface area contributed by atoms with E-state index in [4.69, 9.17) is 5.11 Å². The number of aromatic hydroxyl groups is 1. The minimum Gasteiger partial charge on any atom is -0.497 e. The number of phenolic OH excluding ortho intramolecular Hbond substituents is 1. The van der Waals surface area contributed by atoms with Crippen LogP contribution in [0.1, 0.15) is 0 Å². The molecule has 0 aliphatic rings. The Balaban J connectivity index is 0.000000227. The average Bonchev–Trinajstić information content (AvgIpc) is 2.74. The average molecular weight is 441 g/mol. The number of nitro groups is 3. The number of nitro benzene ring substituents is 3. The van der Waals surface area contributed by atoms with E-state index in [1.807, 2.05) is 6.07 Å². The molecule has 32 heavy (non-hydrogen) atoms. The van der Waals surface area contributed by atoms with Crippen LogP contribution in [-0.4, -0.2) is 41.0 Å². The summed E-state index contributed by atoms with van der Waals surface area (Å²) in [6, 6.07) is 20.1. The molecule has 1 N–H and O–H groups in total. The predicted octanol–water partition coefficient (Wildman–Crippen LogP) is 4.67. The van der Waals surface area contributed by atoms with E-state index in [1.54, 1.807) is 0 Å². The van der Waals surface area contributed by atoms with Gasteiger partial charge in [0.1, 0.15) is 5.69 Å². The van der Waals surface area contributed by atoms with Crippen molar-refractivity contribution >= 4 is 22.7 Å². The van der Waals surface area contributed by atoms with Crippen LogP contribution in [0.15, 0.2) is 66.7 Å². The lowest BCUT2D eigenvalue weighted by atomic mass is 10.1. The Morgan fingerprint density at radius 1 is 0.688 bits per heavy atom. The molecule has 0 aliphatic heterocycles. The van der Waals surface area contributed by atoms with Gasteiger partial charge in [0.2, 0.25) is 0 Å². The van der Waals surface area contributed by atoms with Crippen molar-refractivity contribution in [2.75, 3.05) is 21.1 Å². The van der Waals surface area contributed by atoms with Crippen LogP contribution < -0.4 is 4.48 Å². The summed E-state index contributed by atoms with van der Waals surface area (Å²) in [6.07, 6.45) is 0. The van der Waals surface area contributed by atoms with Crippen molar-refractivity contribution in [2.24, 2.45) is 0 Å². The van der Waals surface area contributed by atoms with Crippen LogP contribution in [0.3, 0.4) is 0 Å². The number of nitrogens with zero attached hydrogens (tertiary/aromatic N) is 4. The van der Waals surface area contributed by atoms with Crippen molar-refractivity contribution in [2.45, 2.75) is 0 Å². The first kappa shape index (κ1) is 23.9. The zero-order chi connectivity index (χ0) is 24.1. The molecule has 3 rings (SSSR count). The molecule has 0 unspecified atom stereocenters. The lowest BCUT2D eigenvalue weighted by Crippen LogP contribution is -2.34. The topological polar surface area (TPSA) is 150 Å². The molecule has 0 atom stereocenters. The van der Waals surface area contributed by atoms with E-state index < -0.39 is 37.6 Å². The van der Waals surface area contributed by atoms with Gasteiger partial charge in [-0.25, -0.2) is 0 Å². The highest BCUT2D eigenvalue weighted by Crippen LogP contribution is 2.39. The van der Waals surface area contributed by atoms with Gasteiger partial charge >= 0.3 is 11.4 Å². The molecule has 0 radical (unpaired) electrons. The first-order valence-electron chi connectivity index (χ1n) is 9.19. The molecule has 3 aromatic carbocycles. The van der Waals surface area contributed by atoms with Gasteiger partial charge in [-0.1, -0.05) is 30.3 Å². The summed E-state index contributed by atoms with van der Waals surface area (Å²) in [5.41, 5.74) is 0.867. The Bertz CT molecular complexity index is 1110. The van der Waals surface area contributed by atoms with Crippen molar-refractivity contribution in [1.29, 1.82) is 0 Å².